The number of nitrogens with zero attached hydrogens (tertiary/aromatic N) is 1. The summed E-state index contributed by atoms with van der Waals surface area (Å²) in [6, 6.07) is 6.13. The van der Waals surface area contributed by atoms with Crippen LogP contribution in [-0.4, -0.2) is 12.1 Å². The molecule has 2 aromatic rings. The number of ether oxygens (including phenoxy) is 1. The fourth-order valence-electron chi connectivity index (χ4n) is 1.23. The Hall–Kier alpha value is -0.520. The number of benzene rings is 1. The Labute approximate surface area is 111 Å². The van der Waals surface area contributed by atoms with Gasteiger partial charge in [-0.05, 0) is 33.6 Å². The van der Waals surface area contributed by atoms with E-state index in [4.69, 9.17) is 4.74 Å². The van der Waals surface area contributed by atoms with Gasteiger partial charge in [0, 0.05) is 17.3 Å². The molecular formula is C11H10BrNOS2. The molecule has 5 heteroatoms. The lowest BCUT2D eigenvalue weighted by molar-refractivity contribution is 0.412. The van der Waals surface area contributed by atoms with Crippen molar-refractivity contribution in [3.63, 3.8) is 0 Å². The summed E-state index contributed by atoms with van der Waals surface area (Å²) in [5.74, 6) is 1.79. The first-order valence-corrected chi connectivity index (χ1v) is 7.30. The normalized spacial score (nSPS) is 10.4. The lowest BCUT2D eigenvalue weighted by atomic mass is 10.2. The van der Waals surface area contributed by atoms with E-state index >= 15 is 0 Å². The molecule has 16 heavy (non-hydrogen) atoms. The second-order valence-corrected chi connectivity index (χ2v) is 6.03. The number of methoxy groups -OCH3 is 1. The van der Waals surface area contributed by atoms with Crippen LogP contribution in [-0.2, 0) is 5.75 Å². The molecule has 2 nitrogen and oxygen atoms in total. The molecule has 2 rings (SSSR count). The fourth-order valence-corrected chi connectivity index (χ4v) is 3.40. The van der Waals surface area contributed by atoms with Crippen molar-refractivity contribution in [1.82, 2.24) is 4.98 Å². The summed E-state index contributed by atoms with van der Waals surface area (Å²) in [6.45, 7) is 0. The van der Waals surface area contributed by atoms with Crippen LogP contribution in [0.1, 0.15) is 5.56 Å². The molecule has 1 aromatic carbocycles. The second kappa shape index (κ2) is 5.70. The van der Waals surface area contributed by atoms with Crippen molar-refractivity contribution >= 4 is 39.0 Å². The number of thioether (sulfide) groups is 1. The largest absolute Gasteiger partial charge is 0.496 e. The zero-order chi connectivity index (χ0) is 11.4. The summed E-state index contributed by atoms with van der Waals surface area (Å²) in [4.78, 5) is 4.23. The van der Waals surface area contributed by atoms with E-state index in [1.54, 1.807) is 30.2 Å². The van der Waals surface area contributed by atoms with Crippen LogP contribution in [0.25, 0.3) is 0 Å². The number of halogens is 1. The van der Waals surface area contributed by atoms with Crippen LogP contribution in [0.3, 0.4) is 0 Å². The second-order valence-electron chi connectivity index (χ2n) is 3.06. The third kappa shape index (κ3) is 2.99. The van der Waals surface area contributed by atoms with E-state index in [0.29, 0.717) is 0 Å². The van der Waals surface area contributed by atoms with Crippen molar-refractivity contribution in [2.75, 3.05) is 7.11 Å². The zero-order valence-electron chi connectivity index (χ0n) is 8.64. The maximum atomic E-state index is 5.19. The van der Waals surface area contributed by atoms with E-state index in [1.165, 1.54) is 5.56 Å². The van der Waals surface area contributed by atoms with Crippen LogP contribution >= 0.6 is 39.0 Å². The lowest BCUT2D eigenvalue weighted by Gasteiger charge is -2.05. The number of thiazole rings is 1. The molecule has 0 aliphatic carbocycles. The van der Waals surface area contributed by atoms with E-state index in [9.17, 15) is 0 Å². The molecule has 0 bridgehead atoms. The third-order valence-corrected chi connectivity index (χ3v) is 4.64. The Morgan fingerprint density at radius 3 is 3.00 bits per heavy atom. The molecule has 0 spiro atoms. The van der Waals surface area contributed by atoms with E-state index in [0.717, 1.165) is 20.3 Å². The highest BCUT2D eigenvalue weighted by atomic mass is 79.9. The number of aromatic nitrogens is 1. The van der Waals surface area contributed by atoms with Gasteiger partial charge in [-0.1, -0.05) is 17.8 Å². The lowest BCUT2D eigenvalue weighted by Crippen LogP contribution is -1.86. The van der Waals surface area contributed by atoms with E-state index in [-0.39, 0.29) is 0 Å². The van der Waals surface area contributed by atoms with Gasteiger partial charge in [-0.3, -0.25) is 0 Å². The highest BCUT2D eigenvalue weighted by molar-refractivity contribution is 9.10. The van der Waals surface area contributed by atoms with E-state index < -0.39 is 0 Å². The van der Waals surface area contributed by atoms with Crippen molar-refractivity contribution in [3.05, 3.63) is 39.8 Å². The predicted octanol–water partition coefficient (Wildman–Crippen LogP) is 4.21. The Morgan fingerprint density at radius 2 is 2.38 bits per heavy atom. The molecule has 0 radical (unpaired) electrons. The first kappa shape index (κ1) is 12.0. The van der Waals surface area contributed by atoms with Crippen molar-refractivity contribution in [2.45, 2.75) is 10.1 Å². The van der Waals surface area contributed by atoms with Crippen molar-refractivity contribution in [3.8, 4) is 5.75 Å². The van der Waals surface area contributed by atoms with Crippen molar-refractivity contribution in [1.29, 1.82) is 0 Å². The summed E-state index contributed by atoms with van der Waals surface area (Å²) in [7, 11) is 1.67. The minimum atomic E-state index is 0.864. The standard InChI is InChI=1S/C11H10BrNOS2/c1-14-10-3-2-8(6-9(10)12)7-16-11-13-4-5-15-11/h2-6H,7H2,1H3. The quantitative estimate of drug-likeness (QED) is 0.789. The summed E-state index contributed by atoms with van der Waals surface area (Å²) in [5, 5.41) is 1.99. The maximum Gasteiger partial charge on any atom is 0.150 e. The topological polar surface area (TPSA) is 22.1 Å². The van der Waals surface area contributed by atoms with Gasteiger partial charge in [-0.15, -0.1) is 11.3 Å². The maximum absolute atomic E-state index is 5.19. The van der Waals surface area contributed by atoms with Crippen LogP contribution < -0.4 is 4.74 Å². The van der Waals surface area contributed by atoms with Gasteiger partial charge in [0.05, 0.1) is 11.6 Å². The molecule has 0 aliphatic heterocycles. The fraction of sp³-hybridized carbons (Fsp3) is 0.182. The number of rotatable bonds is 4. The molecule has 0 fully saturated rings. The first-order valence-electron chi connectivity index (χ1n) is 4.64. The Balaban J connectivity index is 2.02. The van der Waals surface area contributed by atoms with Gasteiger partial charge in [0.2, 0.25) is 0 Å². The molecule has 0 saturated carbocycles. The van der Waals surface area contributed by atoms with E-state index in [1.807, 2.05) is 17.6 Å². The Bertz CT molecular complexity index is 459. The van der Waals surface area contributed by atoms with E-state index in [2.05, 4.69) is 33.0 Å². The first-order chi connectivity index (χ1) is 7.79. The van der Waals surface area contributed by atoms with Gasteiger partial charge in [0.15, 0.2) is 0 Å². The van der Waals surface area contributed by atoms with Crippen LogP contribution in [0.15, 0.2) is 38.6 Å². The van der Waals surface area contributed by atoms with Crippen LogP contribution in [0, 0.1) is 0 Å². The highest BCUT2D eigenvalue weighted by Crippen LogP contribution is 2.29. The van der Waals surface area contributed by atoms with Crippen molar-refractivity contribution < 1.29 is 4.74 Å². The van der Waals surface area contributed by atoms with Gasteiger partial charge >= 0.3 is 0 Å². The van der Waals surface area contributed by atoms with Gasteiger partial charge in [-0.25, -0.2) is 4.98 Å². The SMILES string of the molecule is COc1ccc(CSc2nccs2)cc1Br. The molecule has 1 aromatic heterocycles. The molecule has 0 amide bonds. The minimum absolute atomic E-state index is 0.864. The summed E-state index contributed by atoms with van der Waals surface area (Å²) >= 11 is 6.90. The predicted molar refractivity (Wildman–Crippen MR) is 72.4 cm³/mol. The number of hydrogen-bond acceptors (Lipinski definition) is 4. The third-order valence-electron chi connectivity index (χ3n) is 1.99. The van der Waals surface area contributed by atoms with Gasteiger partial charge < -0.3 is 4.74 Å². The number of hydrogen-bond donors (Lipinski definition) is 0. The Kier molecular flexibility index (Phi) is 4.26. The highest BCUT2D eigenvalue weighted by Gasteiger charge is 2.03. The van der Waals surface area contributed by atoms with Gasteiger partial charge in [-0.2, -0.15) is 0 Å². The molecule has 0 atom stereocenters. The van der Waals surface area contributed by atoms with Crippen LogP contribution in [0.2, 0.25) is 0 Å². The minimum Gasteiger partial charge on any atom is -0.496 e. The monoisotopic (exact) mass is 315 g/mol. The average Bonchev–Trinajstić information content (AvgIpc) is 2.79. The average molecular weight is 316 g/mol. The molecule has 1 heterocycles. The molecule has 0 unspecified atom stereocenters. The van der Waals surface area contributed by atoms with Crippen LogP contribution in [0.4, 0.5) is 0 Å². The van der Waals surface area contributed by atoms with Gasteiger partial charge in [0.25, 0.3) is 0 Å². The van der Waals surface area contributed by atoms with Crippen molar-refractivity contribution in [2.24, 2.45) is 0 Å². The smallest absolute Gasteiger partial charge is 0.150 e. The Morgan fingerprint density at radius 1 is 1.50 bits per heavy atom. The molecule has 84 valence electrons. The summed E-state index contributed by atoms with van der Waals surface area (Å²) in [5.41, 5.74) is 1.26. The molecular weight excluding hydrogens is 306 g/mol. The summed E-state index contributed by atoms with van der Waals surface area (Å²) in [6.07, 6.45) is 1.83. The summed E-state index contributed by atoms with van der Waals surface area (Å²) < 4.78 is 7.28. The van der Waals surface area contributed by atoms with Gasteiger partial charge in [0.1, 0.15) is 10.1 Å². The molecule has 0 saturated heterocycles. The molecule has 0 aliphatic rings. The van der Waals surface area contributed by atoms with Crippen LogP contribution in [0.5, 0.6) is 5.75 Å². The molecule has 0 N–H and O–H groups in total. The zero-order valence-corrected chi connectivity index (χ0v) is 11.9.